The molecule has 0 saturated heterocycles. The normalized spacial score (nSPS) is 16.9. The first kappa shape index (κ1) is 63.1. The third-order valence-corrected chi connectivity index (χ3v) is 12.2. The number of halogens is 1. The maximum Gasteiger partial charge on any atom is 0.408 e. The molecule has 0 spiro atoms. The van der Waals surface area contributed by atoms with Crippen LogP contribution in [0.4, 0.5) is 9.59 Å². The monoisotopic (exact) mass is 1120 g/mol. The third-order valence-electron chi connectivity index (χ3n) is 12.2. The number of alkyl carbamates (subject to hydrolysis) is 2. The number of esters is 2. The minimum absolute atomic E-state index is 0. The van der Waals surface area contributed by atoms with Crippen LogP contribution in [0.2, 0.25) is 0 Å². The summed E-state index contributed by atoms with van der Waals surface area (Å²) in [5.41, 5.74) is 17.7. The highest BCUT2D eigenvalue weighted by atomic mass is 127. The van der Waals surface area contributed by atoms with Crippen molar-refractivity contribution in [1.29, 1.82) is 0 Å². The van der Waals surface area contributed by atoms with E-state index in [1.165, 1.54) is 28.7 Å². The van der Waals surface area contributed by atoms with Gasteiger partial charge in [0.25, 0.3) is 0 Å². The number of nitrogens with one attached hydrogen (secondary N) is 2. The van der Waals surface area contributed by atoms with Crippen LogP contribution in [0.5, 0.6) is 0 Å². The Labute approximate surface area is 452 Å². The van der Waals surface area contributed by atoms with E-state index in [0.717, 1.165) is 30.4 Å². The van der Waals surface area contributed by atoms with Crippen LogP contribution < -0.4 is 22.1 Å². The Balaban J connectivity index is 0.000000415. The summed E-state index contributed by atoms with van der Waals surface area (Å²) in [7, 11) is 0. The van der Waals surface area contributed by atoms with Crippen molar-refractivity contribution in [1.82, 2.24) is 10.6 Å². The number of amides is 2. The lowest BCUT2D eigenvalue weighted by Gasteiger charge is -2.37. The molecule has 13 nitrogen and oxygen atoms in total. The summed E-state index contributed by atoms with van der Waals surface area (Å²) in [4.78, 5) is 61.7. The summed E-state index contributed by atoms with van der Waals surface area (Å²) in [5, 5.41) is 5.01. The topological polar surface area (TPSA) is 198 Å². The van der Waals surface area contributed by atoms with Crippen LogP contribution in [-0.4, -0.2) is 59.7 Å². The van der Waals surface area contributed by atoms with Crippen LogP contribution >= 0.6 is 37.5 Å². The van der Waals surface area contributed by atoms with Crippen molar-refractivity contribution >= 4 is 67.4 Å². The maximum atomic E-state index is 13.0. The SMILES string of the molecule is CC(C)(C)OC(=O)N[C@@H](CCC(=O)CC1CCC(C)(C)c2ccccc21)C(=O)OCc1ccccc1.CC(C)(C)OC(=O)N[C@@H](CN)C(=O)OCc1ccccc1.CC1(C)CCC(N)c2ccccc21.I.S. The molecule has 0 aromatic heterocycles. The number of nitrogens with two attached hydrogens (primary N) is 2. The Morgan fingerprint density at radius 1 is 0.611 bits per heavy atom. The van der Waals surface area contributed by atoms with Gasteiger partial charge < -0.3 is 41.0 Å². The van der Waals surface area contributed by atoms with Crippen LogP contribution in [0, 0.1) is 0 Å². The van der Waals surface area contributed by atoms with Crippen LogP contribution in [0.1, 0.15) is 160 Å². The van der Waals surface area contributed by atoms with Gasteiger partial charge in [-0.1, -0.05) is 137 Å². The number of ether oxygens (including phenoxy) is 4. The van der Waals surface area contributed by atoms with Gasteiger partial charge in [-0.3, -0.25) is 4.79 Å². The minimum atomic E-state index is -0.968. The largest absolute Gasteiger partial charge is 0.459 e. The number of Topliss-reactive ketones (excluding diaryl/α,β-unsaturated/α-hetero) is 1. The Morgan fingerprint density at radius 3 is 1.47 bits per heavy atom. The molecule has 6 N–H and O–H groups in total. The first-order valence-corrected chi connectivity index (χ1v) is 24.4. The lowest BCUT2D eigenvalue weighted by atomic mass is 9.68. The van der Waals surface area contributed by atoms with Crippen molar-refractivity contribution in [3.8, 4) is 0 Å². The summed E-state index contributed by atoms with van der Waals surface area (Å²) in [5.74, 6) is -0.931. The Bertz CT molecular complexity index is 2330. The highest BCUT2D eigenvalue weighted by molar-refractivity contribution is 14.0. The molecule has 4 aromatic rings. The van der Waals surface area contributed by atoms with E-state index in [4.69, 9.17) is 30.4 Å². The Kier molecular flexibility index (Phi) is 25.5. The number of hydrogen-bond donors (Lipinski definition) is 4. The standard InChI is InChI=1S/C30H39NO5.C15H22N2O4.C12H17N.HI.H2S/c1-29(2,3)36-28(34)31-26(27(33)35-20-21-11-7-6-8-12-21)16-15-23(32)19-22-17-18-30(4,5)25-14-10-9-13-24(22)25;1-15(2,3)21-14(19)17-12(9-16)13(18)20-10-11-7-5-4-6-8-11;1-12(2)8-7-11(13)9-5-3-4-6-10(9)12;;/h6-14,22,26H,15-20H2,1-5H3,(H,31,34);4-8,12H,9-10,16H2,1-3H3,(H,17,19);3-6,11H,7-8,13H2,1-2H3;1H;1H2/t22?,26-;12-;;;/m00.../s1. The molecular formula is C57H81IN4O9S. The van der Waals surface area contributed by atoms with Crippen LogP contribution in [-0.2, 0) is 57.4 Å². The average Bonchev–Trinajstić information content (AvgIpc) is 3.30. The van der Waals surface area contributed by atoms with Crippen LogP contribution in [0.25, 0.3) is 0 Å². The smallest absolute Gasteiger partial charge is 0.408 e. The van der Waals surface area contributed by atoms with E-state index in [0.29, 0.717) is 11.8 Å². The zero-order valence-corrected chi connectivity index (χ0v) is 47.3. The van der Waals surface area contributed by atoms with E-state index in [-0.39, 0.29) is 93.2 Å². The van der Waals surface area contributed by atoms with Crippen molar-refractivity contribution in [3.05, 3.63) is 143 Å². The number of benzene rings is 4. The van der Waals surface area contributed by atoms with Gasteiger partial charge >= 0.3 is 24.1 Å². The highest BCUT2D eigenvalue weighted by Crippen LogP contribution is 2.44. The quantitative estimate of drug-likeness (QED) is 0.0532. The van der Waals surface area contributed by atoms with E-state index >= 15 is 0 Å². The summed E-state index contributed by atoms with van der Waals surface area (Å²) in [6.07, 6.45) is 3.63. The summed E-state index contributed by atoms with van der Waals surface area (Å²) >= 11 is 0. The molecule has 2 unspecified atom stereocenters. The second kappa shape index (κ2) is 29.1. The number of carbonyl (C=O) groups excluding carboxylic acids is 5. The fourth-order valence-corrected chi connectivity index (χ4v) is 8.45. The van der Waals surface area contributed by atoms with Crippen molar-refractivity contribution in [2.24, 2.45) is 11.5 Å². The summed E-state index contributed by atoms with van der Waals surface area (Å²) < 4.78 is 21.0. The van der Waals surface area contributed by atoms with E-state index in [1.807, 2.05) is 66.7 Å². The number of rotatable bonds is 14. The molecule has 396 valence electrons. The van der Waals surface area contributed by atoms with Gasteiger partial charge in [-0.2, -0.15) is 13.5 Å². The first-order valence-electron chi connectivity index (χ1n) is 24.4. The van der Waals surface area contributed by atoms with Gasteiger partial charge in [0.15, 0.2) is 0 Å². The number of ketones is 1. The van der Waals surface area contributed by atoms with Gasteiger partial charge in [0.05, 0.1) is 0 Å². The molecule has 2 aliphatic carbocycles. The molecule has 4 aromatic carbocycles. The summed E-state index contributed by atoms with van der Waals surface area (Å²) in [6.45, 7) is 19.7. The van der Waals surface area contributed by atoms with E-state index in [2.05, 4.69) is 80.8 Å². The molecule has 4 atom stereocenters. The molecule has 0 radical (unpaired) electrons. The summed E-state index contributed by atoms with van der Waals surface area (Å²) in [6, 6.07) is 33.9. The molecule has 0 heterocycles. The van der Waals surface area contributed by atoms with Crippen molar-refractivity contribution < 1.29 is 42.9 Å². The van der Waals surface area contributed by atoms with Crippen molar-refractivity contribution in [2.45, 2.75) is 173 Å². The number of hydrogen-bond acceptors (Lipinski definition) is 11. The molecule has 0 saturated carbocycles. The molecule has 72 heavy (non-hydrogen) atoms. The molecule has 6 rings (SSSR count). The third kappa shape index (κ3) is 21.2. The molecule has 0 bridgehead atoms. The van der Waals surface area contributed by atoms with Crippen molar-refractivity contribution in [2.75, 3.05) is 6.54 Å². The Hall–Kier alpha value is -4.97. The fraction of sp³-hybridized carbons (Fsp3) is 0.491. The molecule has 2 aliphatic rings. The Morgan fingerprint density at radius 2 is 1.01 bits per heavy atom. The molecule has 0 aliphatic heterocycles. The molecule has 2 amide bonds. The van der Waals surface area contributed by atoms with E-state index in [1.54, 1.807) is 41.5 Å². The second-order valence-corrected chi connectivity index (χ2v) is 21.4. The van der Waals surface area contributed by atoms with Crippen molar-refractivity contribution in [3.63, 3.8) is 0 Å². The molecule has 0 fully saturated rings. The fourth-order valence-electron chi connectivity index (χ4n) is 8.45. The molecule has 15 heteroatoms. The minimum Gasteiger partial charge on any atom is -0.459 e. The maximum absolute atomic E-state index is 13.0. The average molecular weight is 1130 g/mol. The number of fused-ring (bicyclic) bond motifs is 2. The van der Waals surface area contributed by atoms with Gasteiger partial charge in [-0.15, -0.1) is 24.0 Å². The van der Waals surface area contributed by atoms with E-state index < -0.39 is 47.4 Å². The highest BCUT2D eigenvalue weighted by Gasteiger charge is 2.34. The van der Waals surface area contributed by atoms with E-state index in [9.17, 15) is 24.0 Å². The number of carbonyl (C=O) groups is 5. The zero-order valence-electron chi connectivity index (χ0n) is 44.0. The van der Waals surface area contributed by atoms with Gasteiger partial charge in [-0.25, -0.2) is 19.2 Å². The van der Waals surface area contributed by atoms with Crippen LogP contribution in [0.15, 0.2) is 109 Å². The van der Waals surface area contributed by atoms with Gasteiger partial charge in [-0.05, 0) is 124 Å². The predicted molar refractivity (Wildman–Crippen MR) is 300 cm³/mol. The molecular weight excluding hydrogens is 1040 g/mol. The predicted octanol–water partition coefficient (Wildman–Crippen LogP) is 11.3. The van der Waals surface area contributed by atoms with Gasteiger partial charge in [0.1, 0.15) is 42.3 Å². The van der Waals surface area contributed by atoms with Gasteiger partial charge in [0.2, 0.25) is 0 Å². The lowest BCUT2D eigenvalue weighted by Crippen LogP contribution is -2.48. The second-order valence-electron chi connectivity index (χ2n) is 21.4. The first-order chi connectivity index (χ1) is 32.9. The lowest BCUT2D eigenvalue weighted by molar-refractivity contribution is -0.148. The zero-order chi connectivity index (χ0) is 51.7. The van der Waals surface area contributed by atoms with Gasteiger partial charge in [0, 0.05) is 25.4 Å². The van der Waals surface area contributed by atoms with Crippen LogP contribution in [0.3, 0.4) is 0 Å².